The van der Waals surface area contributed by atoms with Gasteiger partial charge in [0.25, 0.3) is 5.91 Å². The van der Waals surface area contributed by atoms with Crippen LogP contribution in [-0.4, -0.2) is 73.1 Å². The molecule has 0 aliphatic carbocycles. The van der Waals surface area contributed by atoms with Gasteiger partial charge in [-0.1, -0.05) is 0 Å². The van der Waals surface area contributed by atoms with Gasteiger partial charge in [0.2, 0.25) is 5.91 Å². The quantitative estimate of drug-likeness (QED) is 0.738. The molecule has 160 valence electrons. The lowest BCUT2D eigenvalue weighted by molar-refractivity contribution is -0.126. The Morgan fingerprint density at radius 3 is 2.34 bits per heavy atom. The Balaban J connectivity index is 1.34. The summed E-state index contributed by atoms with van der Waals surface area (Å²) in [6.07, 6.45) is 2.77. The predicted octanol–water partition coefficient (Wildman–Crippen LogP) is 2.29. The van der Waals surface area contributed by atoms with E-state index in [0.717, 1.165) is 26.1 Å². The molecule has 3 rings (SSSR count). The van der Waals surface area contributed by atoms with Crippen LogP contribution >= 0.6 is 0 Å². The molecule has 2 saturated heterocycles. The predicted molar refractivity (Wildman–Crippen MR) is 109 cm³/mol. The molecule has 2 amide bonds. The van der Waals surface area contributed by atoms with Crippen LogP contribution in [0.15, 0.2) is 24.3 Å². The summed E-state index contributed by atoms with van der Waals surface area (Å²) in [5, 5.41) is 3.05. The van der Waals surface area contributed by atoms with E-state index in [2.05, 4.69) is 24.1 Å². The third kappa shape index (κ3) is 6.24. The molecule has 0 bridgehead atoms. The lowest BCUT2D eigenvalue weighted by Crippen LogP contribution is -2.46. The molecule has 29 heavy (non-hydrogen) atoms. The SMILES string of the molecule is CC1CN(CCCNC(=O)C2CCN(C(=O)c3ccc(F)cc3)CC2)CC(C)O1. The average Bonchev–Trinajstić information content (AvgIpc) is 2.70. The number of ether oxygens (including phenoxy) is 1. The second kappa shape index (κ2) is 10.2. The van der Waals surface area contributed by atoms with E-state index in [4.69, 9.17) is 4.74 Å². The highest BCUT2D eigenvalue weighted by Gasteiger charge is 2.28. The van der Waals surface area contributed by atoms with Gasteiger partial charge in [0, 0.05) is 50.7 Å². The van der Waals surface area contributed by atoms with Crippen molar-refractivity contribution >= 4 is 11.8 Å². The number of carbonyl (C=O) groups is 2. The first-order chi connectivity index (χ1) is 13.9. The summed E-state index contributed by atoms with van der Waals surface area (Å²) in [5.74, 6) is -0.411. The Bertz CT molecular complexity index is 679. The van der Waals surface area contributed by atoms with Crippen molar-refractivity contribution in [3.05, 3.63) is 35.6 Å². The zero-order valence-electron chi connectivity index (χ0n) is 17.4. The second-order valence-electron chi connectivity index (χ2n) is 8.23. The molecule has 2 heterocycles. The van der Waals surface area contributed by atoms with Gasteiger partial charge in [-0.25, -0.2) is 4.39 Å². The largest absolute Gasteiger partial charge is 0.373 e. The van der Waals surface area contributed by atoms with Crippen molar-refractivity contribution in [1.29, 1.82) is 0 Å². The minimum Gasteiger partial charge on any atom is -0.373 e. The van der Waals surface area contributed by atoms with Gasteiger partial charge >= 0.3 is 0 Å². The zero-order valence-corrected chi connectivity index (χ0v) is 17.4. The molecule has 2 unspecified atom stereocenters. The lowest BCUT2D eigenvalue weighted by atomic mass is 9.95. The minimum atomic E-state index is -0.352. The highest BCUT2D eigenvalue weighted by molar-refractivity contribution is 5.94. The van der Waals surface area contributed by atoms with Crippen LogP contribution in [-0.2, 0) is 9.53 Å². The minimum absolute atomic E-state index is 0.0456. The fourth-order valence-electron chi connectivity index (χ4n) is 4.25. The maximum atomic E-state index is 13.0. The van der Waals surface area contributed by atoms with Gasteiger partial charge in [0.1, 0.15) is 5.82 Å². The van der Waals surface area contributed by atoms with Crippen molar-refractivity contribution in [3.8, 4) is 0 Å². The number of piperidine rings is 1. The van der Waals surface area contributed by atoms with Gasteiger partial charge < -0.3 is 15.0 Å². The smallest absolute Gasteiger partial charge is 0.253 e. The van der Waals surface area contributed by atoms with Gasteiger partial charge in [0.15, 0.2) is 0 Å². The number of hydrogen-bond acceptors (Lipinski definition) is 4. The van der Waals surface area contributed by atoms with Crippen molar-refractivity contribution < 1.29 is 18.7 Å². The Hall–Kier alpha value is -1.99. The molecule has 1 N–H and O–H groups in total. The molecule has 2 aliphatic rings. The molecule has 1 aromatic rings. The number of hydrogen-bond donors (Lipinski definition) is 1. The monoisotopic (exact) mass is 405 g/mol. The first-order valence-corrected chi connectivity index (χ1v) is 10.6. The molecule has 7 heteroatoms. The van der Waals surface area contributed by atoms with E-state index in [1.54, 1.807) is 4.90 Å². The average molecular weight is 406 g/mol. The summed E-state index contributed by atoms with van der Waals surface area (Å²) in [5.41, 5.74) is 0.487. The van der Waals surface area contributed by atoms with Crippen molar-refractivity contribution in [1.82, 2.24) is 15.1 Å². The van der Waals surface area contributed by atoms with Crippen LogP contribution in [0.25, 0.3) is 0 Å². The first kappa shape index (κ1) is 21.7. The normalized spacial score (nSPS) is 23.8. The maximum Gasteiger partial charge on any atom is 0.253 e. The standard InChI is InChI=1S/C22H32FN3O3/c1-16-14-25(15-17(2)29-16)11-3-10-24-21(27)18-8-12-26(13-9-18)22(28)19-4-6-20(23)7-5-19/h4-7,16-18H,3,8-15H2,1-2H3,(H,24,27). The number of nitrogens with one attached hydrogen (secondary N) is 1. The fraction of sp³-hybridized carbons (Fsp3) is 0.636. The Morgan fingerprint density at radius 2 is 1.72 bits per heavy atom. The summed E-state index contributed by atoms with van der Waals surface area (Å²) in [6, 6.07) is 5.61. The molecule has 0 saturated carbocycles. The molecule has 2 fully saturated rings. The van der Waals surface area contributed by atoms with Crippen LogP contribution in [0, 0.1) is 11.7 Å². The molecule has 0 spiro atoms. The number of rotatable bonds is 6. The van der Waals surface area contributed by atoms with Gasteiger partial charge in [-0.15, -0.1) is 0 Å². The van der Waals surface area contributed by atoms with Crippen molar-refractivity contribution in [2.24, 2.45) is 5.92 Å². The number of nitrogens with zero attached hydrogens (tertiary/aromatic N) is 2. The van der Waals surface area contributed by atoms with Crippen LogP contribution in [0.5, 0.6) is 0 Å². The van der Waals surface area contributed by atoms with E-state index in [9.17, 15) is 14.0 Å². The third-order valence-electron chi connectivity index (χ3n) is 5.69. The number of morpholine rings is 1. The Kier molecular flexibility index (Phi) is 7.61. The number of carbonyl (C=O) groups excluding carboxylic acids is 2. The van der Waals surface area contributed by atoms with Gasteiger partial charge in [-0.05, 0) is 57.4 Å². The zero-order chi connectivity index (χ0) is 20.8. The molecule has 0 aromatic heterocycles. The number of amides is 2. The van der Waals surface area contributed by atoms with Crippen LogP contribution in [0.3, 0.4) is 0 Å². The molecule has 2 atom stereocenters. The van der Waals surface area contributed by atoms with E-state index in [0.29, 0.717) is 38.0 Å². The second-order valence-corrected chi connectivity index (χ2v) is 8.23. The highest BCUT2D eigenvalue weighted by atomic mass is 19.1. The van der Waals surface area contributed by atoms with Crippen molar-refractivity contribution in [2.45, 2.75) is 45.3 Å². The van der Waals surface area contributed by atoms with Crippen LogP contribution < -0.4 is 5.32 Å². The third-order valence-corrected chi connectivity index (χ3v) is 5.69. The number of benzene rings is 1. The topological polar surface area (TPSA) is 61.9 Å². The van der Waals surface area contributed by atoms with E-state index < -0.39 is 0 Å². The number of likely N-dealkylation sites (tertiary alicyclic amines) is 1. The molecular formula is C22H32FN3O3. The molecule has 6 nitrogen and oxygen atoms in total. The lowest BCUT2D eigenvalue weighted by Gasteiger charge is -2.35. The first-order valence-electron chi connectivity index (χ1n) is 10.6. The van der Waals surface area contributed by atoms with Gasteiger partial charge in [0.05, 0.1) is 12.2 Å². The van der Waals surface area contributed by atoms with Gasteiger partial charge in [-0.3, -0.25) is 14.5 Å². The summed E-state index contributed by atoms with van der Waals surface area (Å²) in [6.45, 7) is 8.82. The fourth-order valence-corrected chi connectivity index (χ4v) is 4.25. The number of halogens is 1. The highest BCUT2D eigenvalue weighted by Crippen LogP contribution is 2.19. The summed E-state index contributed by atoms with van der Waals surface area (Å²) >= 11 is 0. The van der Waals surface area contributed by atoms with Crippen LogP contribution in [0.1, 0.15) is 43.5 Å². The molecule has 1 aromatic carbocycles. The Morgan fingerprint density at radius 1 is 1.10 bits per heavy atom. The molecular weight excluding hydrogens is 373 g/mol. The summed E-state index contributed by atoms with van der Waals surface area (Å²) in [7, 11) is 0. The van der Waals surface area contributed by atoms with Gasteiger partial charge in [-0.2, -0.15) is 0 Å². The molecule has 2 aliphatic heterocycles. The summed E-state index contributed by atoms with van der Waals surface area (Å²) < 4.78 is 18.8. The Labute approximate surface area is 172 Å². The van der Waals surface area contributed by atoms with Crippen LogP contribution in [0.2, 0.25) is 0 Å². The van der Waals surface area contributed by atoms with Crippen molar-refractivity contribution in [3.63, 3.8) is 0 Å². The van der Waals surface area contributed by atoms with Crippen LogP contribution in [0.4, 0.5) is 4.39 Å². The van der Waals surface area contributed by atoms with E-state index in [-0.39, 0.29) is 35.8 Å². The van der Waals surface area contributed by atoms with E-state index in [1.807, 2.05) is 0 Å². The van der Waals surface area contributed by atoms with Crippen molar-refractivity contribution in [2.75, 3.05) is 39.3 Å². The summed E-state index contributed by atoms with van der Waals surface area (Å²) in [4.78, 5) is 29.1. The van der Waals surface area contributed by atoms with E-state index >= 15 is 0 Å². The maximum absolute atomic E-state index is 13.0. The van der Waals surface area contributed by atoms with E-state index in [1.165, 1.54) is 24.3 Å². The molecule has 0 radical (unpaired) electrons.